The summed E-state index contributed by atoms with van der Waals surface area (Å²) in [6.07, 6.45) is 0.883. The minimum Gasteiger partial charge on any atom is -0.497 e. The molecule has 0 spiro atoms. The molecule has 3 rings (SSSR count). The average molecular weight is 502 g/mol. The summed E-state index contributed by atoms with van der Waals surface area (Å²) >= 11 is 0. The number of carbonyl (C=O) groups is 3. The van der Waals surface area contributed by atoms with Crippen LogP contribution >= 0.6 is 0 Å². The lowest BCUT2D eigenvalue weighted by Crippen LogP contribution is -2.58. The van der Waals surface area contributed by atoms with Crippen LogP contribution in [-0.4, -0.2) is 91.8 Å². The highest BCUT2D eigenvalue weighted by Gasteiger charge is 2.39. The Kier molecular flexibility index (Phi) is 9.58. The van der Waals surface area contributed by atoms with E-state index in [1.54, 1.807) is 18.9 Å². The summed E-state index contributed by atoms with van der Waals surface area (Å²) in [4.78, 5) is 44.6. The van der Waals surface area contributed by atoms with E-state index in [-0.39, 0.29) is 24.7 Å². The highest BCUT2D eigenvalue weighted by Crippen LogP contribution is 2.33. The number of rotatable bonds is 9. The molecular weight excluding hydrogens is 462 g/mol. The third kappa shape index (κ3) is 6.10. The number of nitrogens with zero attached hydrogens (tertiary/aromatic N) is 3. The Labute approximate surface area is 213 Å². The molecule has 0 unspecified atom stereocenters. The first-order valence-corrected chi connectivity index (χ1v) is 12.7. The predicted octanol–water partition coefficient (Wildman–Crippen LogP) is 2.72. The summed E-state index contributed by atoms with van der Waals surface area (Å²) in [5.74, 6) is 0.181. The van der Waals surface area contributed by atoms with Gasteiger partial charge in [0.05, 0.1) is 25.3 Å². The van der Waals surface area contributed by atoms with Crippen LogP contribution < -0.4 is 15.4 Å². The molecule has 0 aliphatic carbocycles. The van der Waals surface area contributed by atoms with Crippen LogP contribution in [-0.2, 0) is 9.53 Å². The minimum absolute atomic E-state index is 0.0103. The van der Waals surface area contributed by atoms with E-state index in [1.165, 1.54) is 0 Å². The van der Waals surface area contributed by atoms with Crippen LogP contribution in [0.1, 0.15) is 45.7 Å². The molecule has 0 bridgehead atoms. The van der Waals surface area contributed by atoms with Crippen LogP contribution in [0, 0.1) is 0 Å². The van der Waals surface area contributed by atoms with Gasteiger partial charge in [-0.3, -0.25) is 9.80 Å². The summed E-state index contributed by atoms with van der Waals surface area (Å²) in [6.45, 7) is 11.2. The molecule has 1 fully saturated rings. The lowest BCUT2D eigenvalue weighted by atomic mass is 9.93. The number of amides is 4. The van der Waals surface area contributed by atoms with Crippen molar-refractivity contribution in [2.75, 3.05) is 53.0 Å². The van der Waals surface area contributed by atoms with Crippen molar-refractivity contribution in [3.63, 3.8) is 0 Å². The molecule has 1 aromatic rings. The van der Waals surface area contributed by atoms with Crippen molar-refractivity contribution in [3.8, 4) is 5.75 Å². The normalized spacial score (nSPS) is 20.8. The molecule has 10 nitrogen and oxygen atoms in total. The maximum atomic E-state index is 13.3. The van der Waals surface area contributed by atoms with E-state index in [4.69, 9.17) is 9.47 Å². The molecule has 2 heterocycles. The van der Waals surface area contributed by atoms with Crippen LogP contribution in [0.3, 0.4) is 0 Å². The molecule has 2 aliphatic heterocycles. The highest BCUT2D eigenvalue weighted by atomic mass is 16.5. The molecule has 2 aliphatic rings. The lowest BCUT2D eigenvalue weighted by molar-refractivity contribution is -0.139. The van der Waals surface area contributed by atoms with E-state index in [1.807, 2.05) is 49.9 Å². The maximum Gasteiger partial charge on any atom is 0.338 e. The van der Waals surface area contributed by atoms with E-state index in [2.05, 4.69) is 15.5 Å². The monoisotopic (exact) mass is 501 g/mol. The molecule has 4 amide bonds. The molecule has 198 valence electrons. The van der Waals surface area contributed by atoms with Crippen LogP contribution in [0.4, 0.5) is 9.59 Å². The van der Waals surface area contributed by atoms with Gasteiger partial charge < -0.3 is 25.0 Å². The lowest BCUT2D eigenvalue weighted by Gasteiger charge is -2.42. The van der Waals surface area contributed by atoms with Gasteiger partial charge in [0.1, 0.15) is 5.75 Å². The summed E-state index contributed by atoms with van der Waals surface area (Å²) in [7, 11) is 1.58. The fourth-order valence-corrected chi connectivity index (χ4v) is 4.75. The third-order valence-electron chi connectivity index (χ3n) is 6.55. The van der Waals surface area contributed by atoms with Gasteiger partial charge in [-0.1, -0.05) is 19.1 Å². The molecular formula is C26H39N5O5. The van der Waals surface area contributed by atoms with Crippen LogP contribution in [0.25, 0.3) is 0 Å². The molecule has 0 aromatic heterocycles. The van der Waals surface area contributed by atoms with Crippen molar-refractivity contribution >= 4 is 18.0 Å². The number of urea groups is 2. The van der Waals surface area contributed by atoms with Gasteiger partial charge in [-0.15, -0.1) is 0 Å². The third-order valence-corrected chi connectivity index (χ3v) is 6.55. The maximum absolute atomic E-state index is 13.3. The van der Waals surface area contributed by atoms with E-state index < -0.39 is 12.0 Å². The number of hydrogen-bond acceptors (Lipinski definition) is 6. The molecule has 2 atom stereocenters. The van der Waals surface area contributed by atoms with Gasteiger partial charge in [-0.2, -0.15) is 0 Å². The predicted molar refractivity (Wildman–Crippen MR) is 137 cm³/mol. The Bertz CT molecular complexity index is 981. The number of hydrogen-bond donors (Lipinski definition) is 2. The van der Waals surface area contributed by atoms with Crippen molar-refractivity contribution in [2.24, 2.45) is 0 Å². The zero-order valence-electron chi connectivity index (χ0n) is 22.0. The standard InChI is InChI=1S/C26H39N5O5/c1-6-12-27-25(33)31-14-13-29(16-18(31)4)17-21-22(24(32)36-8-3)23(28-26(34)30(21)7-2)19-10-9-11-20(15-19)35-5/h9-11,15,18,23H,6-8,12-14,16-17H2,1-5H3,(H,27,33)(H,28,34)/t18-,23-/m0/s1. The van der Waals surface area contributed by atoms with Crippen molar-refractivity contribution in [3.05, 3.63) is 41.1 Å². The average Bonchev–Trinajstić information content (AvgIpc) is 2.87. The fourth-order valence-electron chi connectivity index (χ4n) is 4.75. The number of esters is 1. The molecule has 2 N–H and O–H groups in total. The first kappa shape index (κ1) is 27.3. The molecule has 1 saturated heterocycles. The Morgan fingerprint density at radius 1 is 1.19 bits per heavy atom. The van der Waals surface area contributed by atoms with Gasteiger partial charge in [-0.25, -0.2) is 14.4 Å². The van der Waals surface area contributed by atoms with Gasteiger partial charge in [0.2, 0.25) is 0 Å². The molecule has 0 radical (unpaired) electrons. The second kappa shape index (κ2) is 12.6. The zero-order valence-corrected chi connectivity index (χ0v) is 22.0. The van der Waals surface area contributed by atoms with Crippen molar-refractivity contribution < 1.29 is 23.9 Å². The number of piperazine rings is 1. The summed E-state index contributed by atoms with van der Waals surface area (Å²) in [5, 5.41) is 5.93. The number of ether oxygens (including phenoxy) is 2. The summed E-state index contributed by atoms with van der Waals surface area (Å²) < 4.78 is 10.8. The Morgan fingerprint density at radius 3 is 2.61 bits per heavy atom. The quantitative estimate of drug-likeness (QED) is 0.505. The van der Waals surface area contributed by atoms with Gasteiger partial charge in [-0.05, 0) is 44.9 Å². The number of nitrogens with one attached hydrogen (secondary N) is 2. The second-order valence-electron chi connectivity index (χ2n) is 8.99. The van der Waals surface area contributed by atoms with E-state index in [0.29, 0.717) is 56.3 Å². The largest absolute Gasteiger partial charge is 0.497 e. The molecule has 1 aromatic carbocycles. The molecule has 36 heavy (non-hydrogen) atoms. The van der Waals surface area contributed by atoms with Gasteiger partial charge in [0, 0.05) is 51.0 Å². The van der Waals surface area contributed by atoms with Crippen molar-refractivity contribution in [1.29, 1.82) is 0 Å². The Balaban J connectivity index is 1.94. The van der Waals surface area contributed by atoms with Gasteiger partial charge in [0.25, 0.3) is 0 Å². The van der Waals surface area contributed by atoms with Crippen molar-refractivity contribution in [1.82, 2.24) is 25.3 Å². The number of likely N-dealkylation sites (N-methyl/N-ethyl adjacent to an activating group) is 1. The second-order valence-corrected chi connectivity index (χ2v) is 8.99. The van der Waals surface area contributed by atoms with E-state index in [0.717, 1.165) is 12.0 Å². The Hall–Kier alpha value is -3.27. The molecule has 0 saturated carbocycles. The molecule has 10 heteroatoms. The van der Waals surface area contributed by atoms with Crippen LogP contribution in [0.2, 0.25) is 0 Å². The van der Waals surface area contributed by atoms with Gasteiger partial charge >= 0.3 is 18.0 Å². The van der Waals surface area contributed by atoms with E-state index >= 15 is 0 Å². The minimum atomic E-state index is -0.664. The number of benzene rings is 1. The van der Waals surface area contributed by atoms with Crippen LogP contribution in [0.15, 0.2) is 35.5 Å². The first-order chi connectivity index (χ1) is 17.3. The topological polar surface area (TPSA) is 103 Å². The summed E-state index contributed by atoms with van der Waals surface area (Å²) in [6, 6.07) is 6.34. The number of carbonyl (C=O) groups excluding carboxylic acids is 3. The highest BCUT2D eigenvalue weighted by molar-refractivity contribution is 5.95. The van der Waals surface area contributed by atoms with E-state index in [9.17, 15) is 14.4 Å². The smallest absolute Gasteiger partial charge is 0.338 e. The zero-order chi connectivity index (χ0) is 26.2. The summed E-state index contributed by atoms with van der Waals surface area (Å²) in [5.41, 5.74) is 1.79. The van der Waals surface area contributed by atoms with Crippen LogP contribution in [0.5, 0.6) is 5.75 Å². The first-order valence-electron chi connectivity index (χ1n) is 12.7. The SMILES string of the molecule is CCCNC(=O)N1CCN(CC2=C(C(=O)OCC)[C@H](c3cccc(OC)c3)NC(=O)N2CC)C[C@@H]1C. The Morgan fingerprint density at radius 2 is 1.97 bits per heavy atom. The van der Waals surface area contributed by atoms with Crippen molar-refractivity contribution in [2.45, 2.75) is 46.2 Å². The van der Waals surface area contributed by atoms with Gasteiger partial charge in [0.15, 0.2) is 0 Å². The fraction of sp³-hybridized carbons (Fsp3) is 0.577. The number of methoxy groups -OCH3 is 1.